The molecule has 18 heavy (non-hydrogen) atoms. The van der Waals surface area contributed by atoms with Crippen LogP contribution >= 0.6 is 0 Å². The Balaban J connectivity index is 2.93. The van der Waals surface area contributed by atoms with Gasteiger partial charge in [0.2, 0.25) is 0 Å². The molecule has 1 fully saturated rings. The van der Waals surface area contributed by atoms with Crippen LogP contribution in [0.5, 0.6) is 0 Å². The first-order valence-electron chi connectivity index (χ1n) is 7.17. The predicted octanol–water partition coefficient (Wildman–Crippen LogP) is 1.15. The van der Waals surface area contributed by atoms with Gasteiger partial charge in [0, 0.05) is 32.8 Å². The average Bonchev–Trinajstić information content (AvgIpc) is 2.58. The van der Waals surface area contributed by atoms with E-state index < -0.39 is 0 Å². The molecule has 2 N–H and O–H groups in total. The van der Waals surface area contributed by atoms with Crippen molar-refractivity contribution >= 4 is 0 Å². The van der Waals surface area contributed by atoms with Gasteiger partial charge in [0.15, 0.2) is 0 Å². The summed E-state index contributed by atoms with van der Waals surface area (Å²) in [5.41, 5.74) is 6.01. The average molecular weight is 257 g/mol. The second-order valence-corrected chi connectivity index (χ2v) is 5.81. The summed E-state index contributed by atoms with van der Waals surface area (Å²) in [5.74, 6) is 0. The van der Waals surface area contributed by atoms with E-state index in [9.17, 15) is 0 Å². The molecule has 1 aliphatic rings. The summed E-state index contributed by atoms with van der Waals surface area (Å²) in [5, 5.41) is 0. The molecule has 0 bridgehead atoms. The van der Waals surface area contributed by atoms with Crippen molar-refractivity contribution in [3.8, 4) is 0 Å². The van der Waals surface area contributed by atoms with E-state index >= 15 is 0 Å². The van der Waals surface area contributed by atoms with Crippen molar-refractivity contribution in [1.29, 1.82) is 0 Å². The highest BCUT2D eigenvalue weighted by molar-refractivity contribution is 4.97. The van der Waals surface area contributed by atoms with Gasteiger partial charge in [-0.2, -0.15) is 0 Å². The van der Waals surface area contributed by atoms with Crippen LogP contribution in [0.1, 0.15) is 33.6 Å². The molecule has 1 aliphatic heterocycles. The molecular weight excluding hydrogens is 226 g/mol. The molecule has 0 saturated carbocycles. The highest BCUT2D eigenvalue weighted by atomic mass is 16.5. The number of likely N-dealkylation sites (N-methyl/N-ethyl adjacent to an activating group) is 1. The standard InChI is InChI=1S/C14H31N3O/c1-6-13-10-16(4)8-7-9-17(13)14(3,11-15)12(2)18-5/h12-13H,6-11,15H2,1-5H3. The third-order valence-corrected chi connectivity index (χ3v) is 4.67. The first kappa shape index (κ1) is 15.9. The molecule has 4 nitrogen and oxygen atoms in total. The van der Waals surface area contributed by atoms with Gasteiger partial charge >= 0.3 is 0 Å². The Kier molecular flexibility index (Phi) is 6.05. The molecule has 0 radical (unpaired) electrons. The molecule has 1 saturated heterocycles. The van der Waals surface area contributed by atoms with Crippen LogP contribution in [0.4, 0.5) is 0 Å². The van der Waals surface area contributed by atoms with Gasteiger partial charge in [-0.1, -0.05) is 6.92 Å². The number of ether oxygens (including phenoxy) is 1. The lowest BCUT2D eigenvalue weighted by Gasteiger charge is -2.47. The molecule has 1 rings (SSSR count). The minimum Gasteiger partial charge on any atom is -0.380 e. The van der Waals surface area contributed by atoms with Crippen LogP contribution in [0.2, 0.25) is 0 Å². The summed E-state index contributed by atoms with van der Waals surface area (Å²) in [7, 11) is 4.00. The number of hydrogen-bond acceptors (Lipinski definition) is 4. The maximum atomic E-state index is 6.08. The highest BCUT2D eigenvalue weighted by Gasteiger charge is 2.40. The van der Waals surface area contributed by atoms with Gasteiger partial charge in [0.05, 0.1) is 11.6 Å². The van der Waals surface area contributed by atoms with Gasteiger partial charge in [-0.05, 0) is 40.3 Å². The summed E-state index contributed by atoms with van der Waals surface area (Å²) >= 11 is 0. The lowest BCUT2D eigenvalue weighted by atomic mass is 9.90. The molecule has 0 aromatic heterocycles. The molecule has 108 valence electrons. The quantitative estimate of drug-likeness (QED) is 0.802. The molecule has 1 heterocycles. The van der Waals surface area contributed by atoms with Crippen LogP contribution in [-0.2, 0) is 4.74 Å². The van der Waals surface area contributed by atoms with Crippen LogP contribution in [-0.4, -0.2) is 67.8 Å². The Morgan fingerprint density at radius 3 is 2.61 bits per heavy atom. The van der Waals surface area contributed by atoms with Gasteiger partial charge in [-0.3, -0.25) is 4.90 Å². The Labute approximate surface area is 112 Å². The number of nitrogens with zero attached hydrogens (tertiary/aromatic N) is 2. The van der Waals surface area contributed by atoms with Crippen LogP contribution < -0.4 is 5.73 Å². The largest absolute Gasteiger partial charge is 0.380 e. The highest BCUT2D eigenvalue weighted by Crippen LogP contribution is 2.26. The molecule has 4 heteroatoms. The zero-order valence-electron chi connectivity index (χ0n) is 12.8. The molecule has 3 atom stereocenters. The van der Waals surface area contributed by atoms with E-state index in [1.165, 1.54) is 13.0 Å². The van der Waals surface area contributed by atoms with Crippen molar-refractivity contribution in [1.82, 2.24) is 9.80 Å². The zero-order chi connectivity index (χ0) is 13.8. The minimum absolute atomic E-state index is 0.0688. The first-order chi connectivity index (χ1) is 8.49. The van der Waals surface area contributed by atoms with E-state index in [-0.39, 0.29) is 11.6 Å². The Morgan fingerprint density at radius 2 is 2.11 bits per heavy atom. The second kappa shape index (κ2) is 6.85. The second-order valence-electron chi connectivity index (χ2n) is 5.81. The molecule has 0 amide bonds. The molecule has 0 spiro atoms. The number of methoxy groups -OCH3 is 1. The van der Waals surface area contributed by atoms with Crippen LogP contribution in [0.15, 0.2) is 0 Å². The summed E-state index contributed by atoms with van der Waals surface area (Å²) in [6.45, 7) is 10.7. The van der Waals surface area contributed by atoms with Crippen molar-refractivity contribution in [2.75, 3.05) is 40.3 Å². The van der Waals surface area contributed by atoms with Crippen molar-refractivity contribution < 1.29 is 4.74 Å². The topological polar surface area (TPSA) is 41.7 Å². The third kappa shape index (κ3) is 3.23. The van der Waals surface area contributed by atoms with Crippen molar-refractivity contribution in [2.24, 2.45) is 5.73 Å². The van der Waals surface area contributed by atoms with Crippen molar-refractivity contribution in [3.63, 3.8) is 0 Å². The molecule has 0 aliphatic carbocycles. The monoisotopic (exact) mass is 257 g/mol. The van der Waals surface area contributed by atoms with Gasteiger partial charge in [-0.25, -0.2) is 0 Å². The fraction of sp³-hybridized carbons (Fsp3) is 1.00. The van der Waals surface area contributed by atoms with Crippen molar-refractivity contribution in [3.05, 3.63) is 0 Å². The Hall–Kier alpha value is -0.160. The smallest absolute Gasteiger partial charge is 0.0736 e. The summed E-state index contributed by atoms with van der Waals surface area (Å²) in [6, 6.07) is 0.573. The fourth-order valence-corrected chi connectivity index (χ4v) is 3.04. The number of nitrogens with two attached hydrogens (primary N) is 1. The van der Waals surface area contributed by atoms with E-state index in [2.05, 4.69) is 37.6 Å². The fourth-order valence-electron chi connectivity index (χ4n) is 3.04. The number of rotatable bonds is 5. The molecule has 3 unspecified atom stereocenters. The molecule has 0 aromatic carbocycles. The van der Waals surface area contributed by atoms with E-state index in [0.717, 1.165) is 19.5 Å². The number of hydrogen-bond donors (Lipinski definition) is 1. The maximum absolute atomic E-state index is 6.08. The van der Waals surface area contributed by atoms with Gasteiger partial charge < -0.3 is 15.4 Å². The lowest BCUT2D eigenvalue weighted by Crippen LogP contribution is -2.62. The van der Waals surface area contributed by atoms with Crippen LogP contribution in [0.25, 0.3) is 0 Å². The van der Waals surface area contributed by atoms with Crippen LogP contribution in [0, 0.1) is 0 Å². The van der Waals surface area contributed by atoms with E-state index in [0.29, 0.717) is 12.6 Å². The Morgan fingerprint density at radius 1 is 1.44 bits per heavy atom. The van der Waals surface area contributed by atoms with E-state index in [1.54, 1.807) is 7.11 Å². The van der Waals surface area contributed by atoms with Gasteiger partial charge in [0.1, 0.15) is 0 Å². The summed E-state index contributed by atoms with van der Waals surface area (Å²) in [6.07, 6.45) is 2.52. The summed E-state index contributed by atoms with van der Waals surface area (Å²) < 4.78 is 5.58. The normalized spacial score (nSPS) is 28.7. The molecule has 0 aromatic rings. The summed E-state index contributed by atoms with van der Waals surface area (Å²) in [4.78, 5) is 5.02. The molecular formula is C14H31N3O. The Bertz CT molecular complexity index is 249. The SMILES string of the molecule is CCC1CN(C)CCCN1C(C)(CN)C(C)OC. The van der Waals surface area contributed by atoms with E-state index in [4.69, 9.17) is 10.5 Å². The predicted molar refractivity (Wildman–Crippen MR) is 76.8 cm³/mol. The zero-order valence-corrected chi connectivity index (χ0v) is 12.8. The van der Waals surface area contributed by atoms with Crippen molar-refractivity contribution in [2.45, 2.75) is 51.3 Å². The van der Waals surface area contributed by atoms with Crippen LogP contribution in [0.3, 0.4) is 0 Å². The minimum atomic E-state index is -0.0688. The van der Waals surface area contributed by atoms with Gasteiger partial charge in [0.25, 0.3) is 0 Å². The van der Waals surface area contributed by atoms with E-state index in [1.807, 2.05) is 0 Å². The first-order valence-corrected chi connectivity index (χ1v) is 7.17. The third-order valence-electron chi connectivity index (χ3n) is 4.67. The van der Waals surface area contributed by atoms with Gasteiger partial charge in [-0.15, -0.1) is 0 Å². The lowest BCUT2D eigenvalue weighted by molar-refractivity contribution is -0.0502. The maximum Gasteiger partial charge on any atom is 0.0736 e.